The van der Waals surface area contributed by atoms with Crippen molar-refractivity contribution < 1.29 is 17.9 Å². The maximum Gasteiger partial charge on any atom is 0.264 e. The molecule has 1 N–H and O–H groups in total. The van der Waals surface area contributed by atoms with Crippen LogP contribution < -0.4 is 14.4 Å². The van der Waals surface area contributed by atoms with Crippen LogP contribution in [-0.4, -0.2) is 27.5 Å². The fourth-order valence-electron chi connectivity index (χ4n) is 2.92. The van der Waals surface area contributed by atoms with Gasteiger partial charge in [-0.25, -0.2) is 8.42 Å². The SMILES string of the molecule is CCOc1ccccc1NC(=O)CN(c1ccc(C)cc1)S(=O)(=O)c1ccccc1. The lowest BCUT2D eigenvalue weighted by atomic mass is 10.2. The van der Waals surface area contributed by atoms with Gasteiger partial charge in [0.25, 0.3) is 10.0 Å². The Balaban J connectivity index is 1.92. The van der Waals surface area contributed by atoms with E-state index in [0.29, 0.717) is 23.7 Å². The lowest BCUT2D eigenvalue weighted by Crippen LogP contribution is -2.38. The molecule has 3 rings (SSSR count). The van der Waals surface area contributed by atoms with Crippen molar-refractivity contribution in [3.63, 3.8) is 0 Å². The molecular formula is C23H24N2O4S. The molecule has 0 aliphatic carbocycles. The summed E-state index contributed by atoms with van der Waals surface area (Å²) >= 11 is 0. The number of ether oxygens (including phenoxy) is 1. The second-order valence-electron chi connectivity index (χ2n) is 6.64. The summed E-state index contributed by atoms with van der Waals surface area (Å²) < 4.78 is 33.2. The third-order valence-corrected chi connectivity index (χ3v) is 6.19. The number of nitrogens with zero attached hydrogens (tertiary/aromatic N) is 1. The zero-order chi connectivity index (χ0) is 21.6. The van der Waals surface area contributed by atoms with E-state index in [1.165, 1.54) is 12.1 Å². The number of aryl methyl sites for hydroxylation is 1. The number of benzene rings is 3. The summed E-state index contributed by atoms with van der Waals surface area (Å²) in [6, 6.07) is 22.1. The second kappa shape index (κ2) is 9.45. The first-order valence-corrected chi connectivity index (χ1v) is 11.0. The topological polar surface area (TPSA) is 75.7 Å². The first-order valence-electron chi connectivity index (χ1n) is 9.58. The van der Waals surface area contributed by atoms with Crippen LogP contribution >= 0.6 is 0 Å². The van der Waals surface area contributed by atoms with E-state index in [1.807, 2.05) is 26.0 Å². The first kappa shape index (κ1) is 21.4. The summed E-state index contributed by atoms with van der Waals surface area (Å²) in [5, 5.41) is 2.76. The van der Waals surface area contributed by atoms with E-state index in [9.17, 15) is 13.2 Å². The highest BCUT2D eigenvalue weighted by atomic mass is 32.2. The molecule has 0 aliphatic rings. The van der Waals surface area contributed by atoms with Crippen LogP contribution in [0.15, 0.2) is 83.8 Å². The van der Waals surface area contributed by atoms with Crippen molar-refractivity contribution in [2.45, 2.75) is 18.7 Å². The molecule has 0 atom stereocenters. The molecule has 0 unspecified atom stereocenters. The van der Waals surface area contributed by atoms with Gasteiger partial charge >= 0.3 is 0 Å². The quantitative estimate of drug-likeness (QED) is 0.587. The lowest BCUT2D eigenvalue weighted by molar-refractivity contribution is -0.114. The molecule has 6 nitrogen and oxygen atoms in total. The van der Waals surface area contributed by atoms with Gasteiger partial charge in [0, 0.05) is 0 Å². The molecule has 156 valence electrons. The molecule has 0 radical (unpaired) electrons. The van der Waals surface area contributed by atoms with Crippen molar-refractivity contribution in [1.29, 1.82) is 0 Å². The fourth-order valence-corrected chi connectivity index (χ4v) is 4.36. The van der Waals surface area contributed by atoms with Crippen molar-refractivity contribution in [3.8, 4) is 5.75 Å². The van der Waals surface area contributed by atoms with Gasteiger partial charge in [-0.1, -0.05) is 48.0 Å². The largest absolute Gasteiger partial charge is 0.492 e. The zero-order valence-electron chi connectivity index (χ0n) is 16.9. The average Bonchev–Trinajstić information content (AvgIpc) is 2.75. The predicted octanol–water partition coefficient (Wildman–Crippen LogP) is 4.23. The predicted molar refractivity (Wildman–Crippen MR) is 118 cm³/mol. The highest BCUT2D eigenvalue weighted by Crippen LogP contribution is 2.26. The maximum absolute atomic E-state index is 13.3. The molecule has 3 aromatic carbocycles. The number of carbonyl (C=O) groups excluding carboxylic acids is 1. The average molecular weight is 425 g/mol. The van der Waals surface area contributed by atoms with Gasteiger partial charge in [-0.2, -0.15) is 0 Å². The number of sulfonamides is 1. The Morgan fingerprint density at radius 3 is 2.23 bits per heavy atom. The number of hydrogen-bond acceptors (Lipinski definition) is 4. The molecule has 30 heavy (non-hydrogen) atoms. The van der Waals surface area contributed by atoms with Gasteiger partial charge in [-0.3, -0.25) is 9.10 Å². The van der Waals surface area contributed by atoms with Gasteiger partial charge in [0.05, 0.1) is 22.9 Å². The van der Waals surface area contributed by atoms with Crippen LogP contribution in [0.2, 0.25) is 0 Å². The molecule has 0 heterocycles. The zero-order valence-corrected chi connectivity index (χ0v) is 17.7. The van der Waals surface area contributed by atoms with E-state index >= 15 is 0 Å². The fraction of sp³-hybridized carbons (Fsp3) is 0.174. The van der Waals surface area contributed by atoms with Crippen LogP contribution in [-0.2, 0) is 14.8 Å². The van der Waals surface area contributed by atoms with Crippen LogP contribution in [0.5, 0.6) is 5.75 Å². The number of para-hydroxylation sites is 2. The minimum atomic E-state index is -3.93. The van der Waals surface area contributed by atoms with Gasteiger partial charge in [0.1, 0.15) is 12.3 Å². The molecule has 0 bridgehead atoms. The Bertz CT molecular complexity index is 1100. The molecular weight excluding hydrogens is 400 g/mol. The minimum absolute atomic E-state index is 0.119. The molecule has 0 spiro atoms. The number of anilines is 2. The summed E-state index contributed by atoms with van der Waals surface area (Å²) in [5.41, 5.74) is 1.90. The van der Waals surface area contributed by atoms with Gasteiger partial charge in [0.2, 0.25) is 5.91 Å². The van der Waals surface area contributed by atoms with E-state index in [4.69, 9.17) is 4.74 Å². The number of hydrogen-bond donors (Lipinski definition) is 1. The van der Waals surface area contributed by atoms with Crippen molar-refractivity contribution in [3.05, 3.63) is 84.4 Å². The van der Waals surface area contributed by atoms with Gasteiger partial charge in [-0.05, 0) is 50.2 Å². The number of rotatable bonds is 8. The van der Waals surface area contributed by atoms with Crippen LogP contribution in [0.4, 0.5) is 11.4 Å². The highest BCUT2D eigenvalue weighted by Gasteiger charge is 2.27. The Morgan fingerprint density at radius 2 is 1.57 bits per heavy atom. The van der Waals surface area contributed by atoms with E-state index in [1.54, 1.807) is 54.6 Å². The standard InChI is InChI=1S/C23H24N2O4S/c1-3-29-22-12-8-7-11-21(22)24-23(26)17-25(19-15-13-18(2)14-16-19)30(27,28)20-9-5-4-6-10-20/h4-16H,3,17H2,1-2H3,(H,24,26). The normalized spacial score (nSPS) is 11.0. The number of carbonyl (C=O) groups is 1. The Kier molecular flexibility index (Phi) is 6.74. The molecule has 1 amide bonds. The third-order valence-electron chi connectivity index (χ3n) is 4.40. The molecule has 0 saturated heterocycles. The molecule has 0 saturated carbocycles. The monoisotopic (exact) mass is 424 g/mol. The summed E-state index contributed by atoms with van der Waals surface area (Å²) in [4.78, 5) is 12.9. The van der Waals surface area contributed by atoms with E-state index < -0.39 is 15.9 Å². The van der Waals surface area contributed by atoms with E-state index in [0.717, 1.165) is 9.87 Å². The third kappa shape index (κ3) is 4.99. The van der Waals surface area contributed by atoms with Gasteiger partial charge < -0.3 is 10.1 Å². The number of nitrogens with one attached hydrogen (secondary N) is 1. The Labute approximate surface area is 177 Å². The van der Waals surface area contributed by atoms with Crippen molar-refractivity contribution >= 4 is 27.3 Å². The highest BCUT2D eigenvalue weighted by molar-refractivity contribution is 7.92. The number of amides is 1. The molecule has 7 heteroatoms. The Hall–Kier alpha value is -3.32. The molecule has 0 aromatic heterocycles. The van der Waals surface area contributed by atoms with Crippen molar-refractivity contribution in [2.24, 2.45) is 0 Å². The van der Waals surface area contributed by atoms with Crippen molar-refractivity contribution in [1.82, 2.24) is 0 Å². The second-order valence-corrected chi connectivity index (χ2v) is 8.50. The lowest BCUT2D eigenvalue weighted by Gasteiger charge is -2.24. The molecule has 0 fully saturated rings. The van der Waals surface area contributed by atoms with Crippen LogP contribution in [0, 0.1) is 6.92 Å². The van der Waals surface area contributed by atoms with E-state index in [-0.39, 0.29) is 11.4 Å². The minimum Gasteiger partial charge on any atom is -0.492 e. The van der Waals surface area contributed by atoms with Gasteiger partial charge in [-0.15, -0.1) is 0 Å². The van der Waals surface area contributed by atoms with Crippen LogP contribution in [0.25, 0.3) is 0 Å². The summed E-state index contributed by atoms with van der Waals surface area (Å²) in [5.74, 6) is 0.0587. The van der Waals surface area contributed by atoms with Crippen molar-refractivity contribution in [2.75, 3.05) is 22.8 Å². The van der Waals surface area contributed by atoms with Crippen LogP contribution in [0.1, 0.15) is 12.5 Å². The van der Waals surface area contributed by atoms with E-state index in [2.05, 4.69) is 5.32 Å². The molecule has 3 aromatic rings. The Morgan fingerprint density at radius 1 is 0.933 bits per heavy atom. The smallest absolute Gasteiger partial charge is 0.264 e. The maximum atomic E-state index is 13.3. The first-order chi connectivity index (χ1) is 14.4. The van der Waals surface area contributed by atoms with Gasteiger partial charge in [0.15, 0.2) is 0 Å². The summed E-state index contributed by atoms with van der Waals surface area (Å²) in [7, 11) is -3.93. The molecule has 0 aliphatic heterocycles. The summed E-state index contributed by atoms with van der Waals surface area (Å²) in [6.45, 7) is 3.84. The summed E-state index contributed by atoms with van der Waals surface area (Å²) in [6.07, 6.45) is 0. The van der Waals surface area contributed by atoms with Crippen LogP contribution in [0.3, 0.4) is 0 Å².